The molecule has 0 amide bonds. The van der Waals surface area contributed by atoms with Gasteiger partial charge in [-0.2, -0.15) is 0 Å². The molecule has 0 saturated carbocycles. The van der Waals surface area contributed by atoms with Crippen molar-refractivity contribution >= 4 is 5.97 Å². The first-order valence-electron chi connectivity index (χ1n) is 7.67. The average molecular weight is 303 g/mol. The van der Waals surface area contributed by atoms with Crippen LogP contribution >= 0.6 is 0 Å². The van der Waals surface area contributed by atoms with Crippen molar-refractivity contribution in [1.82, 2.24) is 14.9 Å². The van der Waals surface area contributed by atoms with Crippen molar-refractivity contribution in [3.05, 3.63) is 41.4 Å². The Kier molecular flexibility index (Phi) is 4.29. The van der Waals surface area contributed by atoms with E-state index in [-0.39, 0.29) is 5.76 Å². The molecule has 22 heavy (non-hydrogen) atoms. The van der Waals surface area contributed by atoms with Gasteiger partial charge in [-0.25, -0.2) is 9.78 Å². The van der Waals surface area contributed by atoms with Crippen molar-refractivity contribution in [3.8, 4) is 0 Å². The first-order chi connectivity index (χ1) is 10.7. The molecule has 3 heterocycles. The second-order valence-corrected chi connectivity index (χ2v) is 5.55. The van der Waals surface area contributed by atoms with Gasteiger partial charge in [0, 0.05) is 25.2 Å². The fourth-order valence-corrected chi connectivity index (χ4v) is 2.78. The van der Waals surface area contributed by atoms with Gasteiger partial charge in [-0.1, -0.05) is 0 Å². The highest BCUT2D eigenvalue weighted by atomic mass is 16.5. The molecule has 6 heteroatoms. The van der Waals surface area contributed by atoms with Crippen molar-refractivity contribution < 1.29 is 13.9 Å². The Morgan fingerprint density at radius 3 is 3.23 bits per heavy atom. The van der Waals surface area contributed by atoms with Crippen LogP contribution in [0.4, 0.5) is 0 Å². The third-order valence-electron chi connectivity index (χ3n) is 3.82. The van der Waals surface area contributed by atoms with Crippen molar-refractivity contribution in [1.29, 1.82) is 0 Å². The van der Waals surface area contributed by atoms with Crippen molar-refractivity contribution in [3.63, 3.8) is 0 Å². The quantitative estimate of drug-likeness (QED) is 0.856. The number of furan rings is 1. The van der Waals surface area contributed by atoms with E-state index in [1.165, 1.54) is 0 Å². The highest BCUT2D eigenvalue weighted by Crippen LogP contribution is 2.16. The number of hydrogen-bond acceptors (Lipinski definition) is 5. The Bertz CT molecular complexity index is 659. The molecule has 1 aliphatic rings. The Morgan fingerprint density at radius 2 is 2.41 bits per heavy atom. The molecule has 2 aromatic rings. The van der Waals surface area contributed by atoms with Crippen LogP contribution < -0.4 is 5.32 Å². The summed E-state index contributed by atoms with van der Waals surface area (Å²) < 4.78 is 12.6. The van der Waals surface area contributed by atoms with Crippen molar-refractivity contribution in [2.24, 2.45) is 0 Å². The van der Waals surface area contributed by atoms with E-state index in [0.717, 1.165) is 36.7 Å². The van der Waals surface area contributed by atoms with Gasteiger partial charge in [0.05, 0.1) is 18.8 Å². The normalized spacial score (nSPS) is 17.3. The summed E-state index contributed by atoms with van der Waals surface area (Å²) in [5.74, 6) is 1.76. The lowest BCUT2D eigenvalue weighted by atomic mass is 10.1. The zero-order chi connectivity index (χ0) is 15.5. The summed E-state index contributed by atoms with van der Waals surface area (Å²) in [6.07, 6.45) is 4.13. The average Bonchev–Trinajstić information content (AvgIpc) is 3.10. The number of aryl methyl sites for hydroxylation is 2. The molecule has 118 valence electrons. The molecule has 0 radical (unpaired) electrons. The summed E-state index contributed by atoms with van der Waals surface area (Å²) in [5, 5.41) is 3.48. The Hall–Kier alpha value is -2.08. The standard InChI is InChI=1S/C16H21N3O3/c1-3-21-16(20)14-6-5-13(22-14)8-17-12-4-7-15-18-11(2)9-19(15)10-12/h5-6,9,12,17H,3-4,7-8,10H2,1-2H3. The number of nitrogens with zero attached hydrogens (tertiary/aromatic N) is 2. The van der Waals surface area contributed by atoms with Crippen LogP contribution in [0.5, 0.6) is 0 Å². The van der Waals surface area contributed by atoms with E-state index in [4.69, 9.17) is 9.15 Å². The third-order valence-corrected chi connectivity index (χ3v) is 3.82. The van der Waals surface area contributed by atoms with Crippen LogP contribution in [0.3, 0.4) is 0 Å². The number of fused-ring (bicyclic) bond motifs is 1. The monoisotopic (exact) mass is 303 g/mol. The third kappa shape index (κ3) is 3.22. The summed E-state index contributed by atoms with van der Waals surface area (Å²) in [6, 6.07) is 3.86. The van der Waals surface area contributed by atoms with Gasteiger partial charge in [-0.15, -0.1) is 0 Å². The molecule has 1 atom stereocenters. The highest BCUT2D eigenvalue weighted by Gasteiger charge is 2.20. The highest BCUT2D eigenvalue weighted by molar-refractivity contribution is 5.86. The summed E-state index contributed by atoms with van der Waals surface area (Å²) in [6.45, 7) is 5.67. The number of hydrogen-bond donors (Lipinski definition) is 1. The topological polar surface area (TPSA) is 69.3 Å². The second kappa shape index (κ2) is 6.36. The number of aromatic nitrogens is 2. The number of esters is 1. The van der Waals surface area contributed by atoms with E-state index in [2.05, 4.69) is 21.1 Å². The van der Waals surface area contributed by atoms with Crippen LogP contribution in [0.1, 0.15) is 41.2 Å². The first-order valence-corrected chi connectivity index (χ1v) is 7.67. The predicted octanol–water partition coefficient (Wildman–Crippen LogP) is 2.07. The van der Waals surface area contributed by atoms with E-state index in [9.17, 15) is 4.79 Å². The van der Waals surface area contributed by atoms with Gasteiger partial charge in [-0.3, -0.25) is 0 Å². The fourth-order valence-electron chi connectivity index (χ4n) is 2.78. The molecule has 3 rings (SSSR count). The van der Waals surface area contributed by atoms with Crippen LogP contribution in [-0.4, -0.2) is 28.2 Å². The van der Waals surface area contributed by atoms with Gasteiger partial charge in [0.15, 0.2) is 0 Å². The number of carbonyl (C=O) groups excluding carboxylic acids is 1. The molecular formula is C16H21N3O3. The number of carbonyl (C=O) groups is 1. The van der Waals surface area contributed by atoms with Gasteiger partial charge in [-0.05, 0) is 32.4 Å². The largest absolute Gasteiger partial charge is 0.460 e. The van der Waals surface area contributed by atoms with E-state index in [1.807, 2.05) is 13.0 Å². The second-order valence-electron chi connectivity index (χ2n) is 5.55. The molecule has 1 unspecified atom stereocenters. The molecular weight excluding hydrogens is 282 g/mol. The zero-order valence-corrected chi connectivity index (χ0v) is 13.0. The molecule has 6 nitrogen and oxygen atoms in total. The minimum absolute atomic E-state index is 0.259. The molecule has 0 bridgehead atoms. The van der Waals surface area contributed by atoms with Crippen LogP contribution in [0.25, 0.3) is 0 Å². The van der Waals surface area contributed by atoms with Crippen LogP contribution in [0, 0.1) is 6.92 Å². The Morgan fingerprint density at radius 1 is 1.55 bits per heavy atom. The van der Waals surface area contributed by atoms with Crippen molar-refractivity contribution in [2.75, 3.05) is 6.61 Å². The van der Waals surface area contributed by atoms with Crippen LogP contribution in [-0.2, 0) is 24.2 Å². The molecule has 1 aliphatic heterocycles. The lowest BCUT2D eigenvalue weighted by molar-refractivity contribution is 0.0487. The molecule has 0 spiro atoms. The molecule has 0 aliphatic carbocycles. The van der Waals surface area contributed by atoms with Gasteiger partial charge in [0.25, 0.3) is 0 Å². The maximum absolute atomic E-state index is 11.6. The molecule has 0 saturated heterocycles. The van der Waals surface area contributed by atoms with Crippen LogP contribution in [0.15, 0.2) is 22.7 Å². The summed E-state index contributed by atoms with van der Waals surface area (Å²) in [7, 11) is 0. The van der Waals surface area contributed by atoms with E-state index < -0.39 is 5.97 Å². The first kappa shape index (κ1) is 14.8. The fraction of sp³-hybridized carbons (Fsp3) is 0.500. The summed E-state index contributed by atoms with van der Waals surface area (Å²) in [5.41, 5.74) is 1.07. The Labute approximate surface area is 129 Å². The number of imidazole rings is 1. The lowest BCUT2D eigenvalue weighted by Crippen LogP contribution is -2.36. The van der Waals surface area contributed by atoms with E-state index in [0.29, 0.717) is 19.2 Å². The number of ether oxygens (including phenoxy) is 1. The van der Waals surface area contributed by atoms with E-state index in [1.54, 1.807) is 13.0 Å². The molecule has 1 N–H and O–H groups in total. The van der Waals surface area contributed by atoms with E-state index >= 15 is 0 Å². The number of rotatable bonds is 5. The maximum atomic E-state index is 11.6. The minimum Gasteiger partial charge on any atom is -0.460 e. The Balaban J connectivity index is 1.54. The predicted molar refractivity (Wildman–Crippen MR) is 80.6 cm³/mol. The molecule has 0 aromatic carbocycles. The summed E-state index contributed by atoms with van der Waals surface area (Å²) in [4.78, 5) is 16.1. The number of nitrogens with one attached hydrogen (secondary N) is 1. The van der Waals surface area contributed by atoms with Gasteiger partial charge in [0.2, 0.25) is 5.76 Å². The molecule has 0 fully saturated rings. The summed E-state index contributed by atoms with van der Waals surface area (Å²) >= 11 is 0. The lowest BCUT2D eigenvalue weighted by Gasteiger charge is -2.24. The van der Waals surface area contributed by atoms with Crippen molar-refractivity contribution in [2.45, 2.75) is 45.8 Å². The van der Waals surface area contributed by atoms with Crippen LogP contribution in [0.2, 0.25) is 0 Å². The minimum atomic E-state index is -0.412. The zero-order valence-electron chi connectivity index (χ0n) is 13.0. The smallest absolute Gasteiger partial charge is 0.374 e. The SMILES string of the molecule is CCOC(=O)c1ccc(CNC2CCc3nc(C)cn3C2)o1. The maximum Gasteiger partial charge on any atom is 0.374 e. The van der Waals surface area contributed by atoms with Gasteiger partial charge < -0.3 is 19.0 Å². The van der Waals surface area contributed by atoms with Gasteiger partial charge >= 0.3 is 5.97 Å². The molecule has 2 aromatic heterocycles. The van der Waals surface area contributed by atoms with Gasteiger partial charge in [0.1, 0.15) is 11.6 Å².